The van der Waals surface area contributed by atoms with Crippen LogP contribution in [0.3, 0.4) is 0 Å². The summed E-state index contributed by atoms with van der Waals surface area (Å²) < 4.78 is 5.53. The molecule has 0 saturated carbocycles. The summed E-state index contributed by atoms with van der Waals surface area (Å²) in [6.07, 6.45) is 2.70. The van der Waals surface area contributed by atoms with Crippen LogP contribution in [-0.2, 0) is 9.53 Å². The van der Waals surface area contributed by atoms with Crippen LogP contribution in [0.1, 0.15) is 37.4 Å². The summed E-state index contributed by atoms with van der Waals surface area (Å²) in [7, 11) is 0. The van der Waals surface area contributed by atoms with Crippen molar-refractivity contribution in [3.8, 4) is 0 Å². The Morgan fingerprint density at radius 1 is 1.37 bits per heavy atom. The smallest absolute Gasteiger partial charge is 0.229 e. The fourth-order valence-electron chi connectivity index (χ4n) is 2.91. The number of rotatable bonds is 2. The second-order valence-electron chi connectivity index (χ2n) is 5.25. The number of nitrogens with zero attached hydrogens (tertiary/aromatic N) is 1. The molecule has 2 aliphatic rings. The van der Waals surface area contributed by atoms with Crippen LogP contribution in [0.15, 0.2) is 24.3 Å². The summed E-state index contributed by atoms with van der Waals surface area (Å²) in [6.45, 7) is 1.36. The van der Waals surface area contributed by atoms with Crippen molar-refractivity contribution in [3.05, 3.63) is 29.8 Å². The summed E-state index contributed by atoms with van der Waals surface area (Å²) in [6, 6.07) is 7.61. The number of carbonyl (C=O) groups is 1. The Morgan fingerprint density at radius 2 is 2.21 bits per heavy atom. The van der Waals surface area contributed by atoms with Gasteiger partial charge in [-0.2, -0.15) is 0 Å². The quantitative estimate of drug-likeness (QED) is 0.886. The van der Waals surface area contributed by atoms with E-state index in [1.807, 2.05) is 24.3 Å². The molecule has 2 unspecified atom stereocenters. The highest BCUT2D eigenvalue weighted by atomic mass is 16.5. The number of para-hydroxylation sites is 1. The van der Waals surface area contributed by atoms with Gasteiger partial charge in [0, 0.05) is 24.4 Å². The molecule has 1 aromatic carbocycles. The number of benzene rings is 1. The lowest BCUT2D eigenvalue weighted by molar-refractivity contribution is -0.120. The van der Waals surface area contributed by atoms with E-state index in [2.05, 4.69) is 0 Å². The van der Waals surface area contributed by atoms with E-state index >= 15 is 0 Å². The van der Waals surface area contributed by atoms with Gasteiger partial charge in [0.1, 0.15) is 0 Å². The molecule has 0 aliphatic carbocycles. The number of amides is 1. The molecule has 0 aromatic heterocycles. The van der Waals surface area contributed by atoms with Crippen LogP contribution in [0.5, 0.6) is 0 Å². The molecule has 1 N–H and O–H groups in total. The molecular formula is C15H19NO3. The maximum Gasteiger partial charge on any atom is 0.229 e. The predicted octanol–water partition coefficient (Wildman–Crippen LogP) is 2.03. The lowest BCUT2D eigenvalue weighted by Crippen LogP contribution is -2.38. The Hall–Kier alpha value is -1.39. The number of anilines is 1. The van der Waals surface area contributed by atoms with Crippen molar-refractivity contribution in [2.45, 2.75) is 37.9 Å². The van der Waals surface area contributed by atoms with Crippen LogP contribution in [0, 0.1) is 0 Å². The molecular weight excluding hydrogens is 242 g/mol. The first-order valence-corrected chi connectivity index (χ1v) is 6.94. The molecule has 102 valence electrons. The molecule has 19 heavy (non-hydrogen) atoms. The van der Waals surface area contributed by atoms with Gasteiger partial charge < -0.3 is 14.7 Å². The largest absolute Gasteiger partial charge is 0.388 e. The highest BCUT2D eigenvalue weighted by Crippen LogP contribution is 2.34. The van der Waals surface area contributed by atoms with Gasteiger partial charge in [-0.25, -0.2) is 0 Å². The second kappa shape index (κ2) is 5.31. The van der Waals surface area contributed by atoms with Gasteiger partial charge in [-0.15, -0.1) is 0 Å². The number of ether oxygens (including phenoxy) is 1. The summed E-state index contributed by atoms with van der Waals surface area (Å²) in [5.41, 5.74) is 1.71. The normalized spacial score (nSPS) is 26.3. The third kappa shape index (κ3) is 2.51. The van der Waals surface area contributed by atoms with Crippen LogP contribution in [-0.4, -0.2) is 30.3 Å². The fourth-order valence-corrected chi connectivity index (χ4v) is 2.91. The number of aliphatic hydroxyl groups is 1. The van der Waals surface area contributed by atoms with E-state index < -0.39 is 6.10 Å². The maximum absolute atomic E-state index is 12.4. The molecule has 1 amide bonds. The Morgan fingerprint density at radius 3 is 3.00 bits per heavy atom. The highest BCUT2D eigenvalue weighted by molar-refractivity contribution is 5.95. The summed E-state index contributed by atoms with van der Waals surface area (Å²) >= 11 is 0. The van der Waals surface area contributed by atoms with Crippen LogP contribution in [0.4, 0.5) is 5.69 Å². The van der Waals surface area contributed by atoms with E-state index in [4.69, 9.17) is 4.74 Å². The van der Waals surface area contributed by atoms with Crippen molar-refractivity contribution in [1.82, 2.24) is 0 Å². The highest BCUT2D eigenvalue weighted by Gasteiger charge is 2.29. The lowest BCUT2D eigenvalue weighted by Gasteiger charge is -2.32. The zero-order valence-electron chi connectivity index (χ0n) is 10.9. The molecule has 1 saturated heterocycles. The van der Waals surface area contributed by atoms with E-state index in [1.165, 1.54) is 0 Å². The van der Waals surface area contributed by atoms with Gasteiger partial charge in [-0.3, -0.25) is 4.79 Å². The molecule has 2 atom stereocenters. The Labute approximate surface area is 113 Å². The predicted molar refractivity (Wildman–Crippen MR) is 72.0 cm³/mol. The first-order valence-electron chi connectivity index (χ1n) is 6.94. The van der Waals surface area contributed by atoms with Crippen LogP contribution >= 0.6 is 0 Å². The Balaban J connectivity index is 1.77. The number of carbonyl (C=O) groups excluding carboxylic acids is 1. The number of hydrogen-bond acceptors (Lipinski definition) is 3. The number of hydrogen-bond donors (Lipinski definition) is 1. The van der Waals surface area contributed by atoms with E-state index in [9.17, 15) is 9.90 Å². The van der Waals surface area contributed by atoms with E-state index in [0.717, 1.165) is 30.7 Å². The van der Waals surface area contributed by atoms with Gasteiger partial charge in [-0.05, 0) is 25.3 Å². The van der Waals surface area contributed by atoms with Crippen molar-refractivity contribution in [1.29, 1.82) is 0 Å². The zero-order valence-corrected chi connectivity index (χ0v) is 10.9. The third-order valence-electron chi connectivity index (χ3n) is 3.94. The summed E-state index contributed by atoms with van der Waals surface area (Å²) in [4.78, 5) is 14.2. The second-order valence-corrected chi connectivity index (χ2v) is 5.25. The minimum absolute atomic E-state index is 0.0755. The maximum atomic E-state index is 12.4. The molecule has 0 bridgehead atoms. The molecule has 1 aromatic rings. The van der Waals surface area contributed by atoms with Crippen molar-refractivity contribution < 1.29 is 14.6 Å². The molecule has 2 heterocycles. The van der Waals surface area contributed by atoms with Gasteiger partial charge in [0.2, 0.25) is 5.91 Å². The average Bonchev–Trinajstić information content (AvgIpc) is 2.92. The number of fused-ring (bicyclic) bond motifs is 1. The zero-order chi connectivity index (χ0) is 13.2. The first-order chi connectivity index (χ1) is 9.25. The van der Waals surface area contributed by atoms with Crippen molar-refractivity contribution in [3.63, 3.8) is 0 Å². The minimum Gasteiger partial charge on any atom is -0.388 e. The summed E-state index contributed by atoms with van der Waals surface area (Å²) in [5, 5.41) is 9.98. The van der Waals surface area contributed by atoms with E-state index in [-0.39, 0.29) is 12.0 Å². The van der Waals surface area contributed by atoms with Crippen LogP contribution in [0.25, 0.3) is 0 Å². The SMILES string of the molecule is O=C(CC1CCCO1)N1CCC(O)c2ccccc21. The van der Waals surface area contributed by atoms with E-state index in [1.54, 1.807) is 4.90 Å². The van der Waals surface area contributed by atoms with Crippen molar-refractivity contribution in [2.24, 2.45) is 0 Å². The molecule has 4 nitrogen and oxygen atoms in total. The van der Waals surface area contributed by atoms with Gasteiger partial charge in [0.25, 0.3) is 0 Å². The number of aliphatic hydroxyl groups excluding tert-OH is 1. The van der Waals surface area contributed by atoms with Crippen LogP contribution < -0.4 is 4.90 Å². The average molecular weight is 261 g/mol. The molecule has 3 rings (SSSR count). The third-order valence-corrected chi connectivity index (χ3v) is 3.94. The topological polar surface area (TPSA) is 49.8 Å². The van der Waals surface area contributed by atoms with E-state index in [0.29, 0.717) is 19.4 Å². The van der Waals surface area contributed by atoms with Crippen molar-refractivity contribution in [2.75, 3.05) is 18.1 Å². The first kappa shape index (κ1) is 12.6. The lowest BCUT2D eigenvalue weighted by atomic mass is 9.98. The molecule has 4 heteroatoms. The summed E-state index contributed by atoms with van der Waals surface area (Å²) in [5.74, 6) is 0.103. The fraction of sp³-hybridized carbons (Fsp3) is 0.533. The van der Waals surface area contributed by atoms with Crippen molar-refractivity contribution >= 4 is 11.6 Å². The molecule has 0 spiro atoms. The van der Waals surface area contributed by atoms with Crippen LogP contribution in [0.2, 0.25) is 0 Å². The van der Waals surface area contributed by atoms with Gasteiger partial charge in [0.05, 0.1) is 18.6 Å². The molecule has 1 fully saturated rings. The Bertz CT molecular complexity index is 468. The molecule has 0 radical (unpaired) electrons. The monoisotopic (exact) mass is 261 g/mol. The standard InChI is InChI=1S/C15H19NO3/c17-14-7-8-16(13-6-2-1-5-12(13)14)15(18)10-11-4-3-9-19-11/h1-2,5-6,11,14,17H,3-4,7-10H2. The van der Waals surface area contributed by atoms with Gasteiger partial charge >= 0.3 is 0 Å². The van der Waals surface area contributed by atoms with Gasteiger partial charge in [-0.1, -0.05) is 18.2 Å². The Kier molecular flexibility index (Phi) is 3.53. The minimum atomic E-state index is -0.456. The molecule has 2 aliphatic heterocycles. The van der Waals surface area contributed by atoms with Gasteiger partial charge in [0.15, 0.2) is 0 Å².